The Hall–Kier alpha value is -1.81. The van der Waals surface area contributed by atoms with Crippen LogP contribution in [0.2, 0.25) is 0 Å². The molecule has 0 aliphatic heterocycles. The Morgan fingerprint density at radius 1 is 1.24 bits per heavy atom. The van der Waals surface area contributed by atoms with Gasteiger partial charge in [-0.15, -0.1) is 0 Å². The zero-order valence-corrected chi connectivity index (χ0v) is 9.75. The normalized spacial score (nSPS) is 10.4. The Bertz CT molecular complexity index is 413. The van der Waals surface area contributed by atoms with Crippen LogP contribution in [0.4, 0.5) is 5.82 Å². The van der Waals surface area contributed by atoms with Gasteiger partial charge < -0.3 is 15.1 Å². The van der Waals surface area contributed by atoms with Crippen molar-refractivity contribution in [1.29, 1.82) is 0 Å². The second-order valence-corrected chi connectivity index (χ2v) is 3.83. The van der Waals surface area contributed by atoms with E-state index in [4.69, 9.17) is 10.2 Å². The Morgan fingerprint density at radius 3 is 2.82 bits per heavy atom. The molecule has 0 saturated heterocycles. The summed E-state index contributed by atoms with van der Waals surface area (Å²) in [6.45, 7) is 2.29. The average molecular weight is 231 g/mol. The Labute approximate surface area is 101 Å². The number of hydrogen-bond acceptors (Lipinski definition) is 4. The van der Waals surface area contributed by atoms with E-state index in [0.29, 0.717) is 6.54 Å². The van der Waals surface area contributed by atoms with Crippen LogP contribution in [0.1, 0.15) is 12.2 Å². The minimum Gasteiger partial charge on any atom is -0.467 e. The second kappa shape index (κ2) is 6.06. The van der Waals surface area contributed by atoms with Crippen LogP contribution in [-0.2, 0) is 6.54 Å². The molecule has 0 radical (unpaired) electrons. The lowest BCUT2D eigenvalue weighted by atomic mass is 10.3. The minimum absolute atomic E-state index is 0.682. The van der Waals surface area contributed by atoms with Gasteiger partial charge in [0.2, 0.25) is 0 Å². The molecule has 0 saturated carbocycles. The van der Waals surface area contributed by atoms with Crippen molar-refractivity contribution < 1.29 is 4.42 Å². The number of furan rings is 1. The van der Waals surface area contributed by atoms with Crippen LogP contribution in [0.5, 0.6) is 0 Å². The van der Waals surface area contributed by atoms with Crippen molar-refractivity contribution in [2.45, 2.75) is 13.0 Å². The summed E-state index contributed by atoms with van der Waals surface area (Å²) in [5.74, 6) is 1.89. The highest BCUT2D eigenvalue weighted by atomic mass is 16.3. The van der Waals surface area contributed by atoms with Crippen LogP contribution in [0.3, 0.4) is 0 Å². The summed E-state index contributed by atoms with van der Waals surface area (Å²) >= 11 is 0. The van der Waals surface area contributed by atoms with E-state index in [0.717, 1.165) is 31.1 Å². The standard InChI is InChI=1S/C13H17N3O/c14-7-4-9-16(11-12-5-3-10-17-12)13-6-1-2-8-15-13/h1-3,5-6,8,10H,4,7,9,11,14H2. The largest absolute Gasteiger partial charge is 0.467 e. The molecule has 2 N–H and O–H groups in total. The molecule has 0 aromatic carbocycles. The molecule has 0 spiro atoms. The van der Waals surface area contributed by atoms with Crippen molar-refractivity contribution in [3.63, 3.8) is 0 Å². The molecule has 90 valence electrons. The predicted molar refractivity (Wildman–Crippen MR) is 67.7 cm³/mol. The van der Waals surface area contributed by atoms with Gasteiger partial charge in [-0.3, -0.25) is 0 Å². The summed E-state index contributed by atoms with van der Waals surface area (Å²) in [6.07, 6.45) is 4.43. The molecule has 0 atom stereocenters. The molecule has 2 aromatic heterocycles. The van der Waals surface area contributed by atoms with Crippen LogP contribution in [0, 0.1) is 0 Å². The van der Waals surface area contributed by atoms with E-state index < -0.39 is 0 Å². The molecule has 2 heterocycles. The molecule has 0 amide bonds. The molecule has 0 fully saturated rings. The number of anilines is 1. The first-order chi connectivity index (χ1) is 8.40. The Kier molecular flexibility index (Phi) is 4.16. The van der Waals surface area contributed by atoms with E-state index >= 15 is 0 Å². The van der Waals surface area contributed by atoms with Crippen LogP contribution >= 0.6 is 0 Å². The fourth-order valence-corrected chi connectivity index (χ4v) is 1.69. The van der Waals surface area contributed by atoms with Crippen LogP contribution in [0.25, 0.3) is 0 Å². The summed E-state index contributed by atoms with van der Waals surface area (Å²) in [5, 5.41) is 0. The summed E-state index contributed by atoms with van der Waals surface area (Å²) in [7, 11) is 0. The molecule has 2 aromatic rings. The summed E-state index contributed by atoms with van der Waals surface area (Å²) in [4.78, 5) is 6.53. The van der Waals surface area contributed by atoms with Crippen LogP contribution in [0.15, 0.2) is 47.2 Å². The quantitative estimate of drug-likeness (QED) is 0.826. The summed E-state index contributed by atoms with van der Waals surface area (Å²) in [5.41, 5.74) is 5.56. The number of hydrogen-bond donors (Lipinski definition) is 1. The molecular weight excluding hydrogens is 214 g/mol. The smallest absolute Gasteiger partial charge is 0.128 e. The Balaban J connectivity index is 2.08. The summed E-state index contributed by atoms with van der Waals surface area (Å²) < 4.78 is 5.36. The molecule has 0 aliphatic carbocycles. The van der Waals surface area contributed by atoms with Crippen LogP contribution < -0.4 is 10.6 Å². The lowest BCUT2D eigenvalue weighted by molar-refractivity contribution is 0.500. The van der Waals surface area contributed by atoms with Gasteiger partial charge in [0.1, 0.15) is 11.6 Å². The van der Waals surface area contributed by atoms with Gasteiger partial charge in [-0.1, -0.05) is 6.07 Å². The van der Waals surface area contributed by atoms with Crippen molar-refractivity contribution in [3.05, 3.63) is 48.6 Å². The molecular formula is C13H17N3O. The third-order valence-electron chi connectivity index (χ3n) is 2.53. The van der Waals surface area contributed by atoms with E-state index in [-0.39, 0.29) is 0 Å². The minimum atomic E-state index is 0.682. The highest BCUT2D eigenvalue weighted by molar-refractivity contribution is 5.37. The van der Waals surface area contributed by atoms with Gasteiger partial charge in [-0.25, -0.2) is 4.98 Å². The number of aromatic nitrogens is 1. The summed E-state index contributed by atoms with van der Waals surface area (Å²) in [6, 6.07) is 9.77. The highest BCUT2D eigenvalue weighted by Gasteiger charge is 2.09. The molecule has 0 aliphatic rings. The molecule has 4 nitrogen and oxygen atoms in total. The van der Waals surface area contributed by atoms with Crippen molar-refractivity contribution in [1.82, 2.24) is 4.98 Å². The second-order valence-electron chi connectivity index (χ2n) is 3.83. The average Bonchev–Trinajstić information content (AvgIpc) is 2.88. The van der Waals surface area contributed by atoms with Gasteiger partial charge in [0, 0.05) is 12.7 Å². The first-order valence-electron chi connectivity index (χ1n) is 5.78. The van der Waals surface area contributed by atoms with Crippen molar-refractivity contribution in [2.24, 2.45) is 5.73 Å². The van der Waals surface area contributed by atoms with Gasteiger partial charge in [0.05, 0.1) is 12.8 Å². The third-order valence-corrected chi connectivity index (χ3v) is 2.53. The maximum Gasteiger partial charge on any atom is 0.128 e. The van der Waals surface area contributed by atoms with Gasteiger partial charge in [0.15, 0.2) is 0 Å². The Morgan fingerprint density at radius 2 is 2.18 bits per heavy atom. The third kappa shape index (κ3) is 3.32. The van der Waals surface area contributed by atoms with E-state index in [1.54, 1.807) is 12.5 Å². The maximum atomic E-state index is 5.56. The topological polar surface area (TPSA) is 55.3 Å². The van der Waals surface area contributed by atoms with E-state index in [2.05, 4.69) is 9.88 Å². The molecule has 17 heavy (non-hydrogen) atoms. The number of nitrogens with zero attached hydrogens (tertiary/aromatic N) is 2. The predicted octanol–water partition coefficient (Wildman–Crippen LogP) is 2.03. The van der Waals surface area contributed by atoms with Gasteiger partial charge in [-0.2, -0.15) is 0 Å². The molecule has 0 bridgehead atoms. The highest BCUT2D eigenvalue weighted by Crippen LogP contribution is 2.14. The van der Waals surface area contributed by atoms with Crippen molar-refractivity contribution in [2.75, 3.05) is 18.0 Å². The fraction of sp³-hybridized carbons (Fsp3) is 0.308. The van der Waals surface area contributed by atoms with E-state index in [1.165, 1.54) is 0 Å². The van der Waals surface area contributed by atoms with Crippen LogP contribution in [-0.4, -0.2) is 18.1 Å². The number of nitrogens with two attached hydrogens (primary N) is 1. The fourth-order valence-electron chi connectivity index (χ4n) is 1.69. The molecule has 0 unspecified atom stereocenters. The van der Waals surface area contributed by atoms with E-state index in [9.17, 15) is 0 Å². The van der Waals surface area contributed by atoms with Gasteiger partial charge in [-0.05, 0) is 37.2 Å². The molecule has 2 rings (SSSR count). The van der Waals surface area contributed by atoms with Gasteiger partial charge >= 0.3 is 0 Å². The van der Waals surface area contributed by atoms with E-state index in [1.807, 2.05) is 30.3 Å². The lowest BCUT2D eigenvalue weighted by Crippen LogP contribution is -2.26. The number of pyridine rings is 1. The molecule has 4 heteroatoms. The number of rotatable bonds is 6. The maximum absolute atomic E-state index is 5.56. The first-order valence-corrected chi connectivity index (χ1v) is 5.78. The SMILES string of the molecule is NCCCN(Cc1ccco1)c1ccccn1. The lowest BCUT2D eigenvalue weighted by Gasteiger charge is -2.22. The zero-order valence-electron chi connectivity index (χ0n) is 9.75. The van der Waals surface area contributed by atoms with Crippen molar-refractivity contribution in [3.8, 4) is 0 Å². The van der Waals surface area contributed by atoms with Crippen molar-refractivity contribution >= 4 is 5.82 Å². The van der Waals surface area contributed by atoms with Gasteiger partial charge in [0.25, 0.3) is 0 Å². The zero-order chi connectivity index (χ0) is 11.9. The monoisotopic (exact) mass is 231 g/mol. The first kappa shape index (κ1) is 11.7.